The molecular formula is C16H16N2O2. The van der Waals surface area contributed by atoms with E-state index in [2.05, 4.69) is 4.99 Å². The van der Waals surface area contributed by atoms with Gasteiger partial charge in [-0.15, -0.1) is 0 Å². The van der Waals surface area contributed by atoms with E-state index in [1.54, 1.807) is 20.4 Å². The van der Waals surface area contributed by atoms with Crippen molar-refractivity contribution in [3.8, 4) is 17.6 Å². The Labute approximate surface area is 118 Å². The fraction of sp³-hybridized carbons (Fsp3) is 0.250. The number of hydrogen-bond acceptors (Lipinski definition) is 4. The van der Waals surface area contributed by atoms with Crippen molar-refractivity contribution in [3.05, 3.63) is 48.1 Å². The third-order valence-corrected chi connectivity index (χ3v) is 3.31. The molecule has 4 heteroatoms. The summed E-state index contributed by atoms with van der Waals surface area (Å²) >= 11 is 0. The Morgan fingerprint density at radius 1 is 1.30 bits per heavy atom. The molecule has 0 N–H and O–H groups in total. The Kier molecular flexibility index (Phi) is 4.21. The van der Waals surface area contributed by atoms with Crippen LogP contribution < -0.4 is 9.47 Å². The molecule has 0 radical (unpaired) electrons. The minimum absolute atomic E-state index is 0.413. The highest BCUT2D eigenvalue weighted by atomic mass is 16.5. The van der Waals surface area contributed by atoms with Gasteiger partial charge in [0.15, 0.2) is 11.5 Å². The fourth-order valence-corrected chi connectivity index (χ4v) is 2.24. The number of dihydropyridines is 1. The van der Waals surface area contributed by atoms with Crippen molar-refractivity contribution in [2.45, 2.75) is 5.41 Å². The number of aliphatic imine (C=N–C) groups is 1. The highest BCUT2D eigenvalue weighted by Gasteiger charge is 2.28. The maximum Gasteiger partial charge on any atom is 0.161 e. The van der Waals surface area contributed by atoms with E-state index in [4.69, 9.17) is 14.7 Å². The molecule has 0 aromatic heterocycles. The molecule has 102 valence electrons. The maximum atomic E-state index is 8.80. The van der Waals surface area contributed by atoms with Crippen LogP contribution in [0.1, 0.15) is 5.56 Å². The maximum absolute atomic E-state index is 8.80. The summed E-state index contributed by atoms with van der Waals surface area (Å²) in [5, 5.41) is 8.80. The van der Waals surface area contributed by atoms with E-state index in [1.807, 2.05) is 42.5 Å². The molecule has 0 spiro atoms. The third kappa shape index (κ3) is 2.57. The number of rotatable bonds is 4. The number of ether oxygens (including phenoxy) is 2. The molecule has 0 bridgehead atoms. The summed E-state index contributed by atoms with van der Waals surface area (Å²) in [7, 11) is 3.21. The summed E-state index contributed by atoms with van der Waals surface area (Å²) in [6.07, 6.45) is 9.04. The van der Waals surface area contributed by atoms with Gasteiger partial charge in [-0.05, 0) is 23.8 Å². The molecule has 1 aromatic carbocycles. The molecule has 0 aliphatic carbocycles. The molecule has 1 unspecified atom stereocenters. The zero-order chi connectivity index (χ0) is 14.4. The first-order chi connectivity index (χ1) is 9.75. The summed E-state index contributed by atoms with van der Waals surface area (Å²) in [5.74, 6) is 1.34. The minimum atomic E-state index is -0.413. The second-order valence-electron chi connectivity index (χ2n) is 4.42. The van der Waals surface area contributed by atoms with Gasteiger partial charge in [-0.3, -0.25) is 4.99 Å². The lowest BCUT2D eigenvalue weighted by Crippen LogP contribution is -2.26. The smallest absolute Gasteiger partial charge is 0.161 e. The summed E-state index contributed by atoms with van der Waals surface area (Å²) < 4.78 is 10.6. The summed E-state index contributed by atoms with van der Waals surface area (Å²) in [5.41, 5.74) is 0.596. The third-order valence-electron chi connectivity index (χ3n) is 3.31. The average molecular weight is 268 g/mol. The van der Waals surface area contributed by atoms with Crippen LogP contribution in [0.25, 0.3) is 0 Å². The van der Waals surface area contributed by atoms with Gasteiger partial charge in [-0.2, -0.15) is 5.26 Å². The van der Waals surface area contributed by atoms with Crippen molar-refractivity contribution in [1.29, 1.82) is 5.26 Å². The Bertz CT molecular complexity index is 611. The molecule has 1 aliphatic heterocycles. The van der Waals surface area contributed by atoms with Crippen LogP contribution in [-0.2, 0) is 5.41 Å². The van der Waals surface area contributed by atoms with Gasteiger partial charge in [0.25, 0.3) is 0 Å². The van der Waals surface area contributed by atoms with E-state index in [9.17, 15) is 0 Å². The van der Waals surface area contributed by atoms with Crippen LogP contribution in [-0.4, -0.2) is 27.0 Å². The van der Waals surface area contributed by atoms with Gasteiger partial charge in [0.05, 0.1) is 32.2 Å². The Balaban J connectivity index is 2.50. The number of allylic oxidation sites excluding steroid dienone is 2. The Morgan fingerprint density at radius 3 is 2.70 bits per heavy atom. The molecule has 2 rings (SSSR count). The fourth-order valence-electron chi connectivity index (χ4n) is 2.24. The minimum Gasteiger partial charge on any atom is -0.493 e. The van der Waals surface area contributed by atoms with Crippen molar-refractivity contribution in [3.63, 3.8) is 0 Å². The first-order valence-electron chi connectivity index (χ1n) is 6.23. The van der Waals surface area contributed by atoms with Gasteiger partial charge in [0, 0.05) is 12.3 Å². The van der Waals surface area contributed by atoms with Gasteiger partial charge in [0.2, 0.25) is 0 Å². The number of benzene rings is 1. The van der Waals surface area contributed by atoms with Crippen LogP contribution in [0.4, 0.5) is 0 Å². The second-order valence-corrected chi connectivity index (χ2v) is 4.42. The van der Waals surface area contributed by atoms with Crippen molar-refractivity contribution in [2.24, 2.45) is 4.99 Å². The molecule has 0 saturated heterocycles. The van der Waals surface area contributed by atoms with Gasteiger partial charge >= 0.3 is 0 Å². The normalized spacial score (nSPS) is 20.9. The average Bonchev–Trinajstić information content (AvgIpc) is 2.53. The van der Waals surface area contributed by atoms with E-state index < -0.39 is 5.41 Å². The standard InChI is InChI=1S/C16H16N2O2/c1-19-14-6-5-13(11-15(14)20-2)16(7-3-9-17)8-4-10-18-12-16/h3-8,10-11H,12H2,1-2H3. The molecule has 1 atom stereocenters. The molecule has 0 amide bonds. The molecule has 1 aliphatic rings. The van der Waals surface area contributed by atoms with E-state index in [0.29, 0.717) is 18.0 Å². The Morgan fingerprint density at radius 2 is 2.10 bits per heavy atom. The largest absolute Gasteiger partial charge is 0.493 e. The van der Waals surface area contributed by atoms with Crippen LogP contribution in [0, 0.1) is 11.3 Å². The predicted molar refractivity (Wildman–Crippen MR) is 78.5 cm³/mol. The summed E-state index contributed by atoms with van der Waals surface area (Å²) in [6.45, 7) is 0.567. The van der Waals surface area contributed by atoms with E-state index in [1.165, 1.54) is 6.08 Å². The quantitative estimate of drug-likeness (QED) is 0.789. The molecule has 0 saturated carbocycles. The van der Waals surface area contributed by atoms with Crippen molar-refractivity contribution < 1.29 is 9.47 Å². The van der Waals surface area contributed by atoms with Gasteiger partial charge in [0.1, 0.15) is 0 Å². The van der Waals surface area contributed by atoms with E-state index in [0.717, 1.165) is 5.56 Å². The lowest BCUT2D eigenvalue weighted by atomic mass is 9.78. The predicted octanol–water partition coefficient (Wildman–Crippen LogP) is 2.66. The number of methoxy groups -OCH3 is 2. The lowest BCUT2D eigenvalue weighted by Gasteiger charge is -2.28. The second kappa shape index (κ2) is 6.07. The van der Waals surface area contributed by atoms with Crippen LogP contribution in [0.2, 0.25) is 0 Å². The first kappa shape index (κ1) is 13.9. The Hall–Kier alpha value is -2.54. The molecule has 1 aromatic rings. The van der Waals surface area contributed by atoms with E-state index >= 15 is 0 Å². The highest BCUT2D eigenvalue weighted by Crippen LogP contribution is 2.36. The van der Waals surface area contributed by atoms with Crippen molar-refractivity contribution >= 4 is 6.21 Å². The number of hydrogen-bond donors (Lipinski definition) is 0. The highest BCUT2D eigenvalue weighted by molar-refractivity contribution is 5.73. The molecule has 1 heterocycles. The lowest BCUT2D eigenvalue weighted by molar-refractivity contribution is 0.354. The van der Waals surface area contributed by atoms with Crippen LogP contribution in [0.5, 0.6) is 11.5 Å². The van der Waals surface area contributed by atoms with Crippen molar-refractivity contribution in [2.75, 3.05) is 20.8 Å². The zero-order valence-corrected chi connectivity index (χ0v) is 11.5. The van der Waals surface area contributed by atoms with Crippen LogP contribution in [0.3, 0.4) is 0 Å². The molecule has 20 heavy (non-hydrogen) atoms. The first-order valence-corrected chi connectivity index (χ1v) is 6.23. The zero-order valence-electron chi connectivity index (χ0n) is 11.5. The summed E-state index contributed by atoms with van der Waals surface area (Å²) in [4.78, 5) is 4.31. The summed E-state index contributed by atoms with van der Waals surface area (Å²) in [6, 6.07) is 7.79. The van der Waals surface area contributed by atoms with Gasteiger partial charge < -0.3 is 9.47 Å². The molecule has 4 nitrogen and oxygen atoms in total. The topological polar surface area (TPSA) is 54.6 Å². The van der Waals surface area contributed by atoms with Gasteiger partial charge in [-0.1, -0.05) is 18.2 Å². The van der Waals surface area contributed by atoms with Crippen molar-refractivity contribution in [1.82, 2.24) is 0 Å². The van der Waals surface area contributed by atoms with Gasteiger partial charge in [-0.25, -0.2) is 0 Å². The number of nitriles is 1. The van der Waals surface area contributed by atoms with E-state index in [-0.39, 0.29) is 0 Å². The monoisotopic (exact) mass is 268 g/mol. The van der Waals surface area contributed by atoms with Crippen LogP contribution >= 0.6 is 0 Å². The number of nitrogens with zero attached hydrogens (tertiary/aromatic N) is 2. The van der Waals surface area contributed by atoms with Crippen LogP contribution in [0.15, 0.2) is 47.5 Å². The SMILES string of the molecule is COc1ccc(C2(C=CC#N)C=CC=NC2)cc1OC. The molecule has 0 fully saturated rings. The molecular weight excluding hydrogens is 252 g/mol.